The van der Waals surface area contributed by atoms with Crippen molar-refractivity contribution in [2.45, 2.75) is 6.92 Å². The van der Waals surface area contributed by atoms with Crippen LogP contribution in [0.5, 0.6) is 0 Å². The molecule has 0 saturated heterocycles. The molecule has 0 heterocycles. The third-order valence-electron chi connectivity index (χ3n) is 2.00. The minimum absolute atomic E-state index is 0. The molecule has 0 aliphatic heterocycles. The number of nitrogens with zero attached hydrogens (tertiary/aromatic N) is 1. The molecule has 0 bridgehead atoms. The topological polar surface area (TPSA) is 63.6 Å². The first-order valence-corrected chi connectivity index (χ1v) is 5.72. The number of aryl methyl sites for hydroxylation is 1. The molecule has 0 spiro atoms. The molecule has 0 fully saturated rings. The second kappa shape index (κ2) is 5.48. The second-order valence-electron chi connectivity index (χ2n) is 3.39. The Labute approximate surface area is 112 Å². The Morgan fingerprint density at radius 3 is 2.27 bits per heavy atom. The molecule has 1 rings (SSSR count). The molecule has 78 valence electrons. The van der Waals surface area contributed by atoms with Gasteiger partial charge in [-0.15, -0.1) is 0 Å². The van der Waals surface area contributed by atoms with Crippen molar-refractivity contribution in [2.24, 2.45) is 0 Å². The first-order valence-electron chi connectivity index (χ1n) is 4.14. The Bertz CT molecular complexity index is 389. The van der Waals surface area contributed by atoms with Crippen molar-refractivity contribution in [1.82, 2.24) is 0 Å². The summed E-state index contributed by atoms with van der Waals surface area (Å²) in [6, 6.07) is 4.79. The number of benzene rings is 1. The molecule has 1 unspecified atom stereocenters. The van der Waals surface area contributed by atoms with Crippen LogP contribution in [-0.4, -0.2) is 19.0 Å². The fourth-order valence-electron chi connectivity index (χ4n) is 1.23. The van der Waals surface area contributed by atoms with Crippen molar-refractivity contribution in [1.29, 1.82) is 0 Å². The van der Waals surface area contributed by atoms with E-state index in [1.165, 1.54) is 6.07 Å². The van der Waals surface area contributed by atoms with Crippen LogP contribution in [0.4, 0.5) is 5.69 Å². The summed E-state index contributed by atoms with van der Waals surface area (Å²) in [7, 11) is -0.644. The molecule has 4 nitrogen and oxygen atoms in total. The Morgan fingerprint density at radius 2 is 1.93 bits per heavy atom. The molecule has 1 N–H and O–H groups in total. The summed E-state index contributed by atoms with van der Waals surface area (Å²) in [5.74, 6) is 0. The number of rotatable bonds is 2. The first-order chi connectivity index (χ1) is 6.32. The molecule has 6 heteroatoms. The summed E-state index contributed by atoms with van der Waals surface area (Å²) >= 11 is 0. The van der Waals surface area contributed by atoms with Crippen LogP contribution in [0.25, 0.3) is 0 Å². The minimum atomic E-state index is -4.37. The van der Waals surface area contributed by atoms with Gasteiger partial charge in [-0.1, -0.05) is 0 Å². The quantitative estimate of drug-likeness (QED) is 0.447. The monoisotopic (exact) mass is 237 g/mol. The Balaban J connectivity index is 0.00000196. The number of hydrogen-bond acceptors (Lipinski definition) is 3. The smallest absolute Gasteiger partial charge is 0.775 e. The predicted octanol–water partition coefficient (Wildman–Crippen LogP) is -2.76. The third kappa shape index (κ3) is 3.91. The molecule has 15 heavy (non-hydrogen) atoms. The van der Waals surface area contributed by atoms with E-state index in [4.69, 9.17) is 4.89 Å². The van der Waals surface area contributed by atoms with Gasteiger partial charge in [0.25, 0.3) is 0 Å². The molecule has 1 aromatic carbocycles. The van der Waals surface area contributed by atoms with E-state index in [-0.39, 0.29) is 34.9 Å². The second-order valence-corrected chi connectivity index (χ2v) is 4.91. The molecule has 0 saturated carbocycles. The summed E-state index contributed by atoms with van der Waals surface area (Å²) < 4.78 is 10.9. The van der Waals surface area contributed by atoms with E-state index in [2.05, 4.69) is 0 Å². The number of hydrogen-bond donors (Lipinski definition) is 1. The van der Waals surface area contributed by atoms with Gasteiger partial charge in [0.15, 0.2) is 7.60 Å². The van der Waals surface area contributed by atoms with E-state index in [9.17, 15) is 9.46 Å². The molecular weight excluding hydrogens is 224 g/mol. The van der Waals surface area contributed by atoms with Crippen molar-refractivity contribution in [3.8, 4) is 0 Å². The van der Waals surface area contributed by atoms with Gasteiger partial charge in [-0.25, -0.2) is 0 Å². The summed E-state index contributed by atoms with van der Waals surface area (Å²) in [5, 5.41) is -0.0110. The van der Waals surface area contributed by atoms with Crippen molar-refractivity contribution < 1.29 is 43.9 Å². The van der Waals surface area contributed by atoms with E-state index in [0.29, 0.717) is 5.56 Å². The van der Waals surface area contributed by atoms with Crippen LogP contribution in [-0.2, 0) is 4.57 Å². The van der Waals surface area contributed by atoms with Crippen molar-refractivity contribution in [2.75, 3.05) is 19.0 Å². The van der Waals surface area contributed by atoms with Crippen LogP contribution in [0.3, 0.4) is 0 Å². The van der Waals surface area contributed by atoms with Gasteiger partial charge < -0.3 is 19.3 Å². The molecule has 0 aromatic heterocycles. The fourth-order valence-corrected chi connectivity index (χ4v) is 2.01. The summed E-state index contributed by atoms with van der Waals surface area (Å²) in [6.07, 6.45) is 0. The molecular formula is C9H13NNaO3P. The standard InChI is InChI=1S/C9H14NO3P.Na/c1-7-6-8(10(2)3)4-5-9(7)14(11,12)13;/h4-6H,1-3H3,(H2,11,12,13);/q;+1/p-1. The van der Waals surface area contributed by atoms with Crippen molar-refractivity contribution >= 4 is 18.6 Å². The average Bonchev–Trinajstić information content (AvgIpc) is 2.01. The van der Waals surface area contributed by atoms with E-state index < -0.39 is 7.60 Å². The Kier molecular flexibility index (Phi) is 5.55. The fraction of sp³-hybridized carbons (Fsp3) is 0.333. The third-order valence-corrected chi connectivity index (χ3v) is 3.11. The molecule has 0 radical (unpaired) electrons. The maximum atomic E-state index is 10.9. The average molecular weight is 237 g/mol. The molecule has 1 atom stereocenters. The van der Waals surface area contributed by atoms with E-state index in [0.717, 1.165) is 5.69 Å². The van der Waals surface area contributed by atoms with Crippen molar-refractivity contribution in [3.63, 3.8) is 0 Å². The minimum Gasteiger partial charge on any atom is -0.775 e. The molecule has 1 aromatic rings. The molecule has 0 aliphatic rings. The van der Waals surface area contributed by atoms with Gasteiger partial charge in [0.1, 0.15) is 0 Å². The van der Waals surface area contributed by atoms with Gasteiger partial charge in [-0.05, 0) is 30.7 Å². The van der Waals surface area contributed by atoms with Gasteiger partial charge in [0.2, 0.25) is 0 Å². The van der Waals surface area contributed by atoms with Gasteiger partial charge in [0, 0.05) is 25.1 Å². The normalized spacial score (nSPS) is 13.9. The van der Waals surface area contributed by atoms with Gasteiger partial charge in [-0.2, -0.15) is 0 Å². The zero-order valence-corrected chi connectivity index (χ0v) is 12.3. The van der Waals surface area contributed by atoms with Crippen LogP contribution in [0.1, 0.15) is 5.56 Å². The van der Waals surface area contributed by atoms with Crippen LogP contribution in [0.2, 0.25) is 0 Å². The maximum absolute atomic E-state index is 10.9. The molecule has 0 amide bonds. The van der Waals surface area contributed by atoms with E-state index >= 15 is 0 Å². The molecule has 0 aliphatic carbocycles. The van der Waals surface area contributed by atoms with E-state index in [1.807, 2.05) is 19.0 Å². The summed E-state index contributed by atoms with van der Waals surface area (Å²) in [6.45, 7) is 1.66. The number of anilines is 1. The largest absolute Gasteiger partial charge is 1.00 e. The van der Waals surface area contributed by atoms with E-state index in [1.54, 1.807) is 19.1 Å². The Morgan fingerprint density at radius 1 is 1.40 bits per heavy atom. The van der Waals surface area contributed by atoms with Crippen LogP contribution in [0.15, 0.2) is 18.2 Å². The van der Waals surface area contributed by atoms with Crippen LogP contribution < -0.4 is 44.7 Å². The summed E-state index contributed by atoms with van der Waals surface area (Å²) in [5.41, 5.74) is 1.46. The maximum Gasteiger partial charge on any atom is 1.00 e. The van der Waals surface area contributed by atoms with Crippen LogP contribution >= 0.6 is 7.60 Å². The predicted molar refractivity (Wildman–Crippen MR) is 55.0 cm³/mol. The van der Waals surface area contributed by atoms with Crippen molar-refractivity contribution in [3.05, 3.63) is 23.8 Å². The Hall–Kier alpha value is 0.170. The van der Waals surface area contributed by atoms with Gasteiger partial charge >= 0.3 is 29.6 Å². The van der Waals surface area contributed by atoms with Crippen LogP contribution in [0, 0.1) is 6.92 Å². The summed E-state index contributed by atoms with van der Waals surface area (Å²) in [4.78, 5) is 21.7. The van der Waals surface area contributed by atoms with Gasteiger partial charge in [0.05, 0.1) is 0 Å². The zero-order valence-electron chi connectivity index (χ0n) is 9.39. The first kappa shape index (κ1) is 15.2. The SMILES string of the molecule is Cc1cc(N(C)C)ccc1P(=O)([O-])O.[Na+]. The zero-order chi connectivity index (χ0) is 10.9. The van der Waals surface area contributed by atoms with Gasteiger partial charge in [-0.3, -0.25) is 0 Å².